The molecule has 0 amide bonds. The minimum Gasteiger partial charge on any atom is -0.494 e. The summed E-state index contributed by atoms with van der Waals surface area (Å²) in [7, 11) is 0. The zero-order chi connectivity index (χ0) is 13.4. The molecular weight excluding hydrogens is 222 g/mol. The molecule has 0 aliphatic heterocycles. The second-order valence-electron chi connectivity index (χ2n) is 5.41. The van der Waals surface area contributed by atoms with Crippen molar-refractivity contribution < 1.29 is 4.74 Å². The van der Waals surface area contributed by atoms with Crippen LogP contribution in [0.15, 0.2) is 24.3 Å². The van der Waals surface area contributed by atoms with Crippen molar-refractivity contribution in [3.8, 4) is 18.1 Å². The Labute approximate surface area is 111 Å². The first-order valence-electron chi connectivity index (χ1n) is 6.41. The van der Waals surface area contributed by atoms with Crippen LogP contribution in [0.2, 0.25) is 0 Å². The smallest absolute Gasteiger partial charge is 0.119 e. The van der Waals surface area contributed by atoms with Gasteiger partial charge in [-0.25, -0.2) is 0 Å². The first kappa shape index (κ1) is 14.6. The normalized spacial score (nSPS) is 11.0. The van der Waals surface area contributed by atoms with Gasteiger partial charge in [0, 0.05) is 18.5 Å². The van der Waals surface area contributed by atoms with E-state index in [9.17, 15) is 0 Å². The van der Waals surface area contributed by atoms with E-state index in [1.54, 1.807) is 0 Å². The van der Waals surface area contributed by atoms with Gasteiger partial charge in [-0.3, -0.25) is 0 Å². The van der Waals surface area contributed by atoms with E-state index in [0.717, 1.165) is 25.1 Å². The Morgan fingerprint density at radius 2 is 2.11 bits per heavy atom. The van der Waals surface area contributed by atoms with Crippen LogP contribution in [-0.4, -0.2) is 12.1 Å². The van der Waals surface area contributed by atoms with Crippen LogP contribution in [0, 0.1) is 12.3 Å². The molecule has 0 aromatic heterocycles. The zero-order valence-corrected chi connectivity index (χ0v) is 11.6. The molecule has 0 spiro atoms. The number of unbranched alkanes of at least 4 members (excludes halogenated alkanes) is 1. The Hall–Kier alpha value is -1.46. The number of hydrogen-bond donors (Lipinski definition) is 1. The molecule has 18 heavy (non-hydrogen) atoms. The molecule has 0 saturated heterocycles. The van der Waals surface area contributed by atoms with Crippen LogP contribution in [0.4, 0.5) is 0 Å². The number of hydrogen-bond acceptors (Lipinski definition) is 2. The van der Waals surface area contributed by atoms with Crippen molar-refractivity contribution in [1.29, 1.82) is 0 Å². The summed E-state index contributed by atoms with van der Waals surface area (Å²) in [6, 6.07) is 8.19. The lowest BCUT2D eigenvalue weighted by atomic mass is 10.1. The fourth-order valence-corrected chi connectivity index (χ4v) is 1.48. The Kier molecular flexibility index (Phi) is 5.74. The van der Waals surface area contributed by atoms with Gasteiger partial charge in [0.05, 0.1) is 6.61 Å². The van der Waals surface area contributed by atoms with E-state index in [1.165, 1.54) is 5.56 Å². The number of terminal acetylenes is 1. The first-order valence-corrected chi connectivity index (χ1v) is 6.41. The van der Waals surface area contributed by atoms with Gasteiger partial charge >= 0.3 is 0 Å². The van der Waals surface area contributed by atoms with Crippen LogP contribution < -0.4 is 10.1 Å². The SMILES string of the molecule is C#CCCCOc1cccc(CNC(C)(C)C)c1. The Morgan fingerprint density at radius 1 is 1.33 bits per heavy atom. The van der Waals surface area contributed by atoms with Crippen LogP contribution in [0.5, 0.6) is 5.75 Å². The average Bonchev–Trinajstić information content (AvgIpc) is 2.32. The van der Waals surface area contributed by atoms with E-state index >= 15 is 0 Å². The molecule has 1 aromatic rings. The molecule has 2 heteroatoms. The molecule has 1 aromatic carbocycles. The summed E-state index contributed by atoms with van der Waals surface area (Å²) in [5, 5.41) is 3.46. The summed E-state index contributed by atoms with van der Waals surface area (Å²) in [6.07, 6.45) is 6.87. The van der Waals surface area contributed by atoms with Gasteiger partial charge in [-0.1, -0.05) is 12.1 Å². The van der Waals surface area contributed by atoms with Crippen LogP contribution in [-0.2, 0) is 6.54 Å². The molecule has 0 heterocycles. The highest BCUT2D eigenvalue weighted by Crippen LogP contribution is 2.14. The summed E-state index contributed by atoms with van der Waals surface area (Å²) in [5.74, 6) is 3.53. The lowest BCUT2D eigenvalue weighted by molar-refractivity contribution is 0.312. The number of rotatable bonds is 6. The van der Waals surface area contributed by atoms with Crippen LogP contribution in [0.3, 0.4) is 0 Å². The highest BCUT2D eigenvalue weighted by molar-refractivity contribution is 5.28. The van der Waals surface area contributed by atoms with E-state index in [0.29, 0.717) is 6.61 Å². The number of nitrogens with one attached hydrogen (secondary N) is 1. The maximum Gasteiger partial charge on any atom is 0.119 e. The van der Waals surface area contributed by atoms with Crippen molar-refractivity contribution in [3.63, 3.8) is 0 Å². The van der Waals surface area contributed by atoms with E-state index < -0.39 is 0 Å². The van der Waals surface area contributed by atoms with Gasteiger partial charge < -0.3 is 10.1 Å². The molecule has 0 saturated carbocycles. The van der Waals surface area contributed by atoms with Crippen LogP contribution in [0.1, 0.15) is 39.2 Å². The molecule has 0 radical (unpaired) electrons. The molecule has 0 atom stereocenters. The minimum absolute atomic E-state index is 0.129. The molecular formula is C16H23NO. The third kappa shape index (κ3) is 6.32. The van der Waals surface area contributed by atoms with Crippen LogP contribution >= 0.6 is 0 Å². The van der Waals surface area contributed by atoms with Crippen LogP contribution in [0.25, 0.3) is 0 Å². The monoisotopic (exact) mass is 245 g/mol. The topological polar surface area (TPSA) is 21.3 Å². The lowest BCUT2D eigenvalue weighted by Gasteiger charge is -2.20. The third-order valence-corrected chi connectivity index (χ3v) is 2.46. The zero-order valence-electron chi connectivity index (χ0n) is 11.6. The molecule has 2 nitrogen and oxygen atoms in total. The third-order valence-electron chi connectivity index (χ3n) is 2.46. The molecule has 1 N–H and O–H groups in total. The Balaban J connectivity index is 2.44. The largest absolute Gasteiger partial charge is 0.494 e. The molecule has 0 unspecified atom stereocenters. The van der Waals surface area contributed by atoms with Crippen molar-refractivity contribution in [2.45, 2.75) is 45.7 Å². The van der Waals surface area contributed by atoms with E-state index in [2.05, 4.69) is 44.1 Å². The van der Waals surface area contributed by atoms with E-state index in [1.807, 2.05) is 12.1 Å². The van der Waals surface area contributed by atoms with Gasteiger partial charge in [-0.05, 0) is 44.9 Å². The van der Waals surface area contributed by atoms with Gasteiger partial charge in [0.15, 0.2) is 0 Å². The van der Waals surface area contributed by atoms with Crippen molar-refractivity contribution >= 4 is 0 Å². The fraction of sp³-hybridized carbons (Fsp3) is 0.500. The van der Waals surface area contributed by atoms with Gasteiger partial charge in [0.1, 0.15) is 5.75 Å². The summed E-state index contributed by atoms with van der Waals surface area (Å²) < 4.78 is 5.66. The molecule has 98 valence electrons. The highest BCUT2D eigenvalue weighted by atomic mass is 16.5. The predicted octanol–water partition coefficient (Wildman–Crippen LogP) is 3.37. The van der Waals surface area contributed by atoms with Crippen molar-refractivity contribution in [1.82, 2.24) is 5.32 Å². The average molecular weight is 245 g/mol. The fourth-order valence-electron chi connectivity index (χ4n) is 1.48. The second-order valence-corrected chi connectivity index (χ2v) is 5.41. The summed E-state index contributed by atoms with van der Waals surface area (Å²) in [5.41, 5.74) is 1.36. The summed E-state index contributed by atoms with van der Waals surface area (Å²) >= 11 is 0. The molecule has 0 fully saturated rings. The highest BCUT2D eigenvalue weighted by Gasteiger charge is 2.08. The predicted molar refractivity (Wildman–Crippen MR) is 76.6 cm³/mol. The Morgan fingerprint density at radius 3 is 2.78 bits per heavy atom. The standard InChI is InChI=1S/C16H23NO/c1-5-6-7-11-18-15-10-8-9-14(12-15)13-17-16(2,3)4/h1,8-10,12,17H,6-7,11,13H2,2-4H3. The lowest BCUT2D eigenvalue weighted by Crippen LogP contribution is -2.35. The van der Waals surface area contributed by atoms with E-state index in [-0.39, 0.29) is 5.54 Å². The van der Waals surface area contributed by atoms with Crippen molar-refractivity contribution in [2.75, 3.05) is 6.61 Å². The summed E-state index contributed by atoms with van der Waals surface area (Å²) in [4.78, 5) is 0. The minimum atomic E-state index is 0.129. The van der Waals surface area contributed by atoms with Gasteiger partial charge in [-0.2, -0.15) is 0 Å². The quantitative estimate of drug-likeness (QED) is 0.613. The Bertz CT molecular complexity index is 398. The van der Waals surface area contributed by atoms with Gasteiger partial charge in [0.25, 0.3) is 0 Å². The number of ether oxygens (including phenoxy) is 1. The first-order chi connectivity index (χ1) is 8.51. The van der Waals surface area contributed by atoms with Gasteiger partial charge in [-0.15, -0.1) is 12.3 Å². The maximum absolute atomic E-state index is 5.66. The van der Waals surface area contributed by atoms with Crippen molar-refractivity contribution in [2.24, 2.45) is 0 Å². The number of benzene rings is 1. The van der Waals surface area contributed by atoms with Gasteiger partial charge in [0.2, 0.25) is 0 Å². The maximum atomic E-state index is 5.66. The summed E-state index contributed by atoms with van der Waals surface area (Å²) in [6.45, 7) is 8.01. The molecule has 0 aliphatic carbocycles. The van der Waals surface area contributed by atoms with Crippen molar-refractivity contribution in [3.05, 3.63) is 29.8 Å². The molecule has 0 aliphatic rings. The second kappa shape index (κ2) is 7.08. The molecule has 0 bridgehead atoms. The molecule has 1 rings (SSSR count). The van der Waals surface area contributed by atoms with E-state index in [4.69, 9.17) is 11.2 Å².